The minimum Gasteiger partial charge on any atom is -0.384 e. The number of likely N-dealkylation sites (N-methyl/N-ethyl adjacent to an activating group) is 1. The molecule has 5 heteroatoms. The minimum absolute atomic E-state index is 0.188. The molecule has 18 heavy (non-hydrogen) atoms. The van der Waals surface area contributed by atoms with Crippen molar-refractivity contribution in [2.45, 2.75) is 0 Å². The van der Waals surface area contributed by atoms with Crippen molar-refractivity contribution in [1.82, 2.24) is 15.2 Å². The summed E-state index contributed by atoms with van der Waals surface area (Å²) in [4.78, 5) is 17.7. The van der Waals surface area contributed by atoms with E-state index in [4.69, 9.17) is 5.11 Å². The first-order chi connectivity index (χ1) is 8.63. The molecule has 0 saturated carbocycles. The molecule has 0 fully saturated rings. The summed E-state index contributed by atoms with van der Waals surface area (Å²) in [6, 6.07) is 3.32. The molecular weight excluding hydrogens is 230 g/mol. The molecule has 1 aromatic heterocycles. The second-order valence-electron chi connectivity index (χ2n) is 3.95. The van der Waals surface area contributed by atoms with Gasteiger partial charge in [-0.1, -0.05) is 11.8 Å². The van der Waals surface area contributed by atoms with E-state index in [1.54, 1.807) is 12.1 Å². The Morgan fingerprint density at radius 3 is 2.83 bits per heavy atom. The summed E-state index contributed by atoms with van der Waals surface area (Å²) < 4.78 is 0. The van der Waals surface area contributed by atoms with Crippen LogP contribution in [0.15, 0.2) is 18.3 Å². The monoisotopic (exact) mass is 247 g/mol. The van der Waals surface area contributed by atoms with Gasteiger partial charge in [0.2, 0.25) is 0 Å². The van der Waals surface area contributed by atoms with Crippen molar-refractivity contribution >= 4 is 5.91 Å². The topological polar surface area (TPSA) is 65.5 Å². The Kier molecular flexibility index (Phi) is 5.85. The standard InChI is InChI=1S/C13H17N3O2/c1-16(2)8-7-14-13(18)12-6-5-11(10-15-12)4-3-9-17/h5-6,10,17H,7-9H2,1-2H3,(H,14,18). The van der Waals surface area contributed by atoms with Gasteiger partial charge in [-0.25, -0.2) is 4.98 Å². The Morgan fingerprint density at radius 2 is 2.28 bits per heavy atom. The fourth-order valence-electron chi connectivity index (χ4n) is 1.23. The van der Waals surface area contributed by atoms with E-state index < -0.39 is 0 Å². The first kappa shape index (κ1) is 14.2. The summed E-state index contributed by atoms with van der Waals surface area (Å²) in [7, 11) is 3.89. The summed E-state index contributed by atoms with van der Waals surface area (Å²) in [6.07, 6.45) is 1.52. The number of hydrogen-bond donors (Lipinski definition) is 2. The Balaban J connectivity index is 2.54. The molecule has 1 aromatic rings. The van der Waals surface area contributed by atoms with Gasteiger partial charge in [-0.2, -0.15) is 0 Å². The van der Waals surface area contributed by atoms with Crippen LogP contribution in [0.25, 0.3) is 0 Å². The highest BCUT2D eigenvalue weighted by molar-refractivity contribution is 5.92. The first-order valence-electron chi connectivity index (χ1n) is 5.62. The molecule has 0 radical (unpaired) electrons. The van der Waals surface area contributed by atoms with Crippen molar-refractivity contribution in [3.05, 3.63) is 29.6 Å². The predicted octanol–water partition coefficient (Wildman–Crippen LogP) is -0.283. The van der Waals surface area contributed by atoms with Gasteiger partial charge in [-0.15, -0.1) is 0 Å². The van der Waals surface area contributed by atoms with E-state index in [-0.39, 0.29) is 12.5 Å². The lowest BCUT2D eigenvalue weighted by Gasteiger charge is -2.09. The van der Waals surface area contributed by atoms with Crippen molar-refractivity contribution in [1.29, 1.82) is 0 Å². The number of nitrogens with one attached hydrogen (secondary N) is 1. The Bertz CT molecular complexity index is 444. The van der Waals surface area contributed by atoms with E-state index >= 15 is 0 Å². The molecule has 0 spiro atoms. The van der Waals surface area contributed by atoms with Crippen molar-refractivity contribution in [3.8, 4) is 11.8 Å². The molecule has 96 valence electrons. The van der Waals surface area contributed by atoms with Crippen LogP contribution in [0.1, 0.15) is 16.1 Å². The van der Waals surface area contributed by atoms with Crippen LogP contribution in [0.3, 0.4) is 0 Å². The van der Waals surface area contributed by atoms with Crippen LogP contribution in [-0.4, -0.2) is 54.7 Å². The van der Waals surface area contributed by atoms with Gasteiger partial charge < -0.3 is 15.3 Å². The smallest absolute Gasteiger partial charge is 0.269 e. The van der Waals surface area contributed by atoms with E-state index in [0.29, 0.717) is 17.8 Å². The molecule has 2 N–H and O–H groups in total. The number of carbonyl (C=O) groups excluding carboxylic acids is 1. The van der Waals surface area contributed by atoms with Gasteiger partial charge in [0.1, 0.15) is 12.3 Å². The second-order valence-corrected chi connectivity index (χ2v) is 3.95. The number of carbonyl (C=O) groups is 1. The molecule has 0 aliphatic heterocycles. The molecule has 0 saturated heterocycles. The lowest BCUT2D eigenvalue weighted by Crippen LogP contribution is -2.31. The largest absolute Gasteiger partial charge is 0.384 e. The number of aliphatic hydroxyl groups excluding tert-OH is 1. The second kappa shape index (κ2) is 7.43. The van der Waals surface area contributed by atoms with Crippen molar-refractivity contribution in [2.75, 3.05) is 33.8 Å². The Labute approximate surface area is 107 Å². The van der Waals surface area contributed by atoms with Gasteiger partial charge in [-0.3, -0.25) is 4.79 Å². The molecule has 1 heterocycles. The van der Waals surface area contributed by atoms with Crippen LogP contribution < -0.4 is 5.32 Å². The van der Waals surface area contributed by atoms with Crippen molar-refractivity contribution < 1.29 is 9.90 Å². The van der Waals surface area contributed by atoms with E-state index in [1.165, 1.54) is 6.20 Å². The SMILES string of the molecule is CN(C)CCNC(=O)c1ccc(C#CCO)cn1. The molecule has 0 bridgehead atoms. The fraction of sp³-hybridized carbons (Fsp3) is 0.385. The van der Waals surface area contributed by atoms with Gasteiger partial charge in [0.15, 0.2) is 0 Å². The molecule has 0 atom stereocenters. The molecule has 5 nitrogen and oxygen atoms in total. The van der Waals surface area contributed by atoms with Gasteiger partial charge >= 0.3 is 0 Å². The normalized spacial score (nSPS) is 9.78. The molecular formula is C13H17N3O2. The lowest BCUT2D eigenvalue weighted by atomic mass is 10.2. The number of aliphatic hydroxyl groups is 1. The van der Waals surface area contributed by atoms with Crippen LogP contribution in [0.4, 0.5) is 0 Å². The van der Waals surface area contributed by atoms with Gasteiger partial charge in [0.25, 0.3) is 5.91 Å². The molecule has 1 rings (SSSR count). The minimum atomic E-state index is -0.196. The number of hydrogen-bond acceptors (Lipinski definition) is 4. The van der Waals surface area contributed by atoms with Crippen molar-refractivity contribution in [3.63, 3.8) is 0 Å². The first-order valence-corrected chi connectivity index (χ1v) is 5.62. The van der Waals surface area contributed by atoms with Crippen molar-refractivity contribution in [2.24, 2.45) is 0 Å². The van der Waals surface area contributed by atoms with Gasteiger partial charge in [0, 0.05) is 24.8 Å². The highest BCUT2D eigenvalue weighted by atomic mass is 16.2. The van der Waals surface area contributed by atoms with Crippen LogP contribution >= 0.6 is 0 Å². The zero-order valence-electron chi connectivity index (χ0n) is 10.6. The van der Waals surface area contributed by atoms with Crippen LogP contribution in [-0.2, 0) is 0 Å². The Hall–Kier alpha value is -1.90. The highest BCUT2D eigenvalue weighted by Gasteiger charge is 2.05. The number of amides is 1. The molecule has 0 aromatic carbocycles. The summed E-state index contributed by atoms with van der Waals surface area (Å²) >= 11 is 0. The number of rotatable bonds is 4. The average molecular weight is 247 g/mol. The quantitative estimate of drug-likeness (QED) is 0.718. The predicted molar refractivity (Wildman–Crippen MR) is 69.1 cm³/mol. The van der Waals surface area contributed by atoms with Gasteiger partial charge in [0.05, 0.1) is 0 Å². The van der Waals surface area contributed by atoms with Gasteiger partial charge in [-0.05, 0) is 26.2 Å². The third kappa shape index (κ3) is 4.95. The third-order valence-corrected chi connectivity index (χ3v) is 2.15. The van der Waals surface area contributed by atoms with Crippen LogP contribution in [0.5, 0.6) is 0 Å². The maximum Gasteiger partial charge on any atom is 0.269 e. The number of pyridine rings is 1. The molecule has 0 aliphatic carbocycles. The Morgan fingerprint density at radius 1 is 1.50 bits per heavy atom. The number of aromatic nitrogens is 1. The summed E-state index contributed by atoms with van der Waals surface area (Å²) in [6.45, 7) is 1.18. The third-order valence-electron chi connectivity index (χ3n) is 2.15. The molecule has 0 unspecified atom stereocenters. The summed E-state index contributed by atoms with van der Waals surface area (Å²) in [5.41, 5.74) is 1.04. The van der Waals surface area contributed by atoms with Crippen LogP contribution in [0.2, 0.25) is 0 Å². The molecule has 1 amide bonds. The zero-order chi connectivity index (χ0) is 13.4. The van der Waals surface area contributed by atoms with E-state index in [0.717, 1.165) is 6.54 Å². The van der Waals surface area contributed by atoms with E-state index in [9.17, 15) is 4.79 Å². The number of nitrogens with zero attached hydrogens (tertiary/aromatic N) is 2. The maximum absolute atomic E-state index is 11.7. The van der Waals surface area contributed by atoms with E-state index in [1.807, 2.05) is 19.0 Å². The lowest BCUT2D eigenvalue weighted by molar-refractivity contribution is 0.0946. The maximum atomic E-state index is 11.7. The van der Waals surface area contributed by atoms with E-state index in [2.05, 4.69) is 22.1 Å². The fourth-order valence-corrected chi connectivity index (χ4v) is 1.23. The summed E-state index contributed by atoms with van der Waals surface area (Å²) in [5, 5.41) is 11.3. The van der Waals surface area contributed by atoms with Crippen LogP contribution in [0, 0.1) is 11.8 Å². The average Bonchev–Trinajstić information content (AvgIpc) is 2.36. The summed E-state index contributed by atoms with van der Waals surface area (Å²) in [5.74, 6) is 5.04. The zero-order valence-corrected chi connectivity index (χ0v) is 10.6. The molecule has 0 aliphatic rings. The highest BCUT2D eigenvalue weighted by Crippen LogP contribution is 1.98.